The molecule has 0 aliphatic carbocycles. The molecule has 0 saturated carbocycles. The highest BCUT2D eigenvalue weighted by Gasteiger charge is 1.98. The highest BCUT2D eigenvalue weighted by molar-refractivity contribution is 5.84. The molecule has 0 aliphatic rings. The topological polar surface area (TPSA) is 24.4 Å². The van der Waals surface area contributed by atoms with E-state index in [-0.39, 0.29) is 0 Å². The number of hydrogen-bond acceptors (Lipinski definition) is 2. The van der Waals surface area contributed by atoms with Crippen LogP contribution in [0.1, 0.15) is 16.7 Å². The minimum Gasteiger partial charge on any atom is -0.388 e. The normalized spacial score (nSPS) is 10.6. The molecular formula is C17H18N2. The van der Waals surface area contributed by atoms with E-state index in [1.165, 1.54) is 5.56 Å². The van der Waals surface area contributed by atoms with Gasteiger partial charge in [-0.2, -0.15) is 0 Å². The number of nitrogens with zero attached hydrogens (tertiary/aromatic N) is 1. The van der Waals surface area contributed by atoms with Gasteiger partial charge in [0, 0.05) is 18.9 Å². The molecule has 1 N–H and O–H groups in total. The zero-order chi connectivity index (χ0) is 13.7. The number of benzene rings is 2. The Balaban J connectivity index is 2.29. The van der Waals surface area contributed by atoms with Gasteiger partial charge in [-0.25, -0.2) is 0 Å². The molecule has 0 unspecified atom stereocenters. The molecule has 2 nitrogen and oxygen atoms in total. The van der Waals surface area contributed by atoms with Crippen LogP contribution in [0.15, 0.2) is 54.0 Å². The van der Waals surface area contributed by atoms with Gasteiger partial charge in [0.15, 0.2) is 0 Å². The first-order chi connectivity index (χ1) is 9.24. The predicted octanol–water partition coefficient (Wildman–Crippen LogP) is 4.43. The van der Waals surface area contributed by atoms with Crippen LogP contribution in [0.2, 0.25) is 0 Å². The summed E-state index contributed by atoms with van der Waals surface area (Å²) < 4.78 is 0. The maximum atomic E-state index is 4.52. The summed E-state index contributed by atoms with van der Waals surface area (Å²) in [5, 5.41) is 3.13. The van der Waals surface area contributed by atoms with Crippen LogP contribution in [-0.2, 0) is 0 Å². The molecule has 0 saturated heterocycles. The van der Waals surface area contributed by atoms with Crippen LogP contribution < -0.4 is 5.32 Å². The van der Waals surface area contributed by atoms with Crippen molar-refractivity contribution in [3.63, 3.8) is 0 Å². The Morgan fingerprint density at radius 1 is 1.11 bits per heavy atom. The summed E-state index contributed by atoms with van der Waals surface area (Å²) in [6, 6.07) is 14.2. The van der Waals surface area contributed by atoms with E-state index in [1.807, 2.05) is 49.7 Å². The van der Waals surface area contributed by atoms with Gasteiger partial charge in [-0.1, -0.05) is 36.9 Å². The third kappa shape index (κ3) is 3.10. The summed E-state index contributed by atoms with van der Waals surface area (Å²) in [7, 11) is 1.90. The van der Waals surface area contributed by atoms with Gasteiger partial charge in [-0.3, -0.25) is 4.99 Å². The average molecular weight is 250 g/mol. The molecule has 96 valence electrons. The SMILES string of the molecule is C=Cc1cc(N=Cc2ccccc2C)ccc1NC. The molecule has 2 aromatic carbocycles. The third-order valence-electron chi connectivity index (χ3n) is 3.07. The van der Waals surface area contributed by atoms with Crippen molar-refractivity contribution in [2.75, 3.05) is 12.4 Å². The molecule has 0 spiro atoms. The van der Waals surface area contributed by atoms with Gasteiger partial charge in [0.2, 0.25) is 0 Å². The number of aliphatic imine (C=N–C) groups is 1. The van der Waals surface area contributed by atoms with Crippen molar-refractivity contribution in [2.24, 2.45) is 4.99 Å². The number of nitrogens with one attached hydrogen (secondary N) is 1. The van der Waals surface area contributed by atoms with Crippen molar-refractivity contribution in [3.8, 4) is 0 Å². The molecule has 0 fully saturated rings. The minimum atomic E-state index is 0.928. The second-order valence-corrected chi connectivity index (χ2v) is 4.34. The van der Waals surface area contributed by atoms with Gasteiger partial charge in [0.05, 0.1) is 5.69 Å². The van der Waals surface area contributed by atoms with Crippen LogP contribution in [-0.4, -0.2) is 13.3 Å². The molecule has 0 heterocycles. The van der Waals surface area contributed by atoms with Gasteiger partial charge >= 0.3 is 0 Å². The van der Waals surface area contributed by atoms with Crippen molar-refractivity contribution < 1.29 is 0 Å². The predicted molar refractivity (Wildman–Crippen MR) is 84.5 cm³/mol. The highest BCUT2D eigenvalue weighted by Crippen LogP contribution is 2.23. The smallest absolute Gasteiger partial charge is 0.0637 e. The van der Waals surface area contributed by atoms with E-state index >= 15 is 0 Å². The van der Waals surface area contributed by atoms with E-state index in [1.54, 1.807) is 0 Å². The van der Waals surface area contributed by atoms with Crippen LogP contribution in [0.3, 0.4) is 0 Å². The zero-order valence-electron chi connectivity index (χ0n) is 11.4. The minimum absolute atomic E-state index is 0.928. The molecule has 0 bridgehead atoms. The Hall–Kier alpha value is -2.35. The average Bonchev–Trinajstić information content (AvgIpc) is 2.46. The highest BCUT2D eigenvalue weighted by atomic mass is 14.8. The lowest BCUT2D eigenvalue weighted by Gasteiger charge is -2.06. The van der Waals surface area contributed by atoms with Gasteiger partial charge in [0.1, 0.15) is 0 Å². The number of anilines is 1. The Labute approximate surface area is 114 Å². The molecule has 2 rings (SSSR count). The van der Waals surface area contributed by atoms with Crippen LogP contribution in [0, 0.1) is 6.92 Å². The van der Waals surface area contributed by atoms with Crippen molar-refractivity contribution in [2.45, 2.75) is 6.92 Å². The third-order valence-corrected chi connectivity index (χ3v) is 3.07. The lowest BCUT2D eigenvalue weighted by Crippen LogP contribution is -1.90. The fourth-order valence-electron chi connectivity index (χ4n) is 1.90. The maximum Gasteiger partial charge on any atom is 0.0637 e. The van der Waals surface area contributed by atoms with E-state index in [0.717, 1.165) is 22.5 Å². The molecule has 0 aromatic heterocycles. The Kier molecular flexibility index (Phi) is 4.14. The van der Waals surface area contributed by atoms with Gasteiger partial charge < -0.3 is 5.32 Å². The van der Waals surface area contributed by atoms with E-state index in [0.29, 0.717) is 0 Å². The summed E-state index contributed by atoms with van der Waals surface area (Å²) in [4.78, 5) is 4.52. The quantitative estimate of drug-likeness (QED) is 0.797. The van der Waals surface area contributed by atoms with Gasteiger partial charge in [-0.15, -0.1) is 0 Å². The van der Waals surface area contributed by atoms with Crippen LogP contribution in [0.25, 0.3) is 6.08 Å². The Bertz CT molecular complexity index is 612. The van der Waals surface area contributed by atoms with Gasteiger partial charge in [-0.05, 0) is 41.8 Å². The number of hydrogen-bond donors (Lipinski definition) is 1. The molecule has 2 heteroatoms. The summed E-state index contributed by atoms with van der Waals surface area (Å²) in [5.74, 6) is 0. The number of rotatable bonds is 4. The van der Waals surface area contributed by atoms with Crippen molar-refractivity contribution in [1.29, 1.82) is 0 Å². The molecule has 0 radical (unpaired) electrons. The molecular weight excluding hydrogens is 232 g/mol. The second kappa shape index (κ2) is 6.01. The maximum absolute atomic E-state index is 4.52. The monoisotopic (exact) mass is 250 g/mol. The van der Waals surface area contributed by atoms with E-state index in [9.17, 15) is 0 Å². The van der Waals surface area contributed by atoms with E-state index in [4.69, 9.17) is 0 Å². The first-order valence-corrected chi connectivity index (χ1v) is 6.28. The summed E-state index contributed by atoms with van der Waals surface area (Å²) in [5.41, 5.74) is 5.41. The standard InChI is InChI=1S/C17H18N2/c1-4-14-11-16(9-10-17(14)18-3)19-12-15-8-6-5-7-13(15)2/h4-12,18H,1H2,2-3H3. The van der Waals surface area contributed by atoms with Crippen LogP contribution >= 0.6 is 0 Å². The first kappa shape index (κ1) is 13.1. The van der Waals surface area contributed by atoms with Crippen molar-refractivity contribution in [1.82, 2.24) is 0 Å². The van der Waals surface area contributed by atoms with E-state index in [2.05, 4.69) is 35.9 Å². The van der Waals surface area contributed by atoms with Crippen molar-refractivity contribution in [3.05, 3.63) is 65.7 Å². The first-order valence-electron chi connectivity index (χ1n) is 6.28. The van der Waals surface area contributed by atoms with E-state index < -0.39 is 0 Å². The summed E-state index contributed by atoms with van der Waals surface area (Å²) >= 11 is 0. The molecule has 19 heavy (non-hydrogen) atoms. The van der Waals surface area contributed by atoms with Gasteiger partial charge in [0.25, 0.3) is 0 Å². The number of aryl methyl sites for hydroxylation is 1. The zero-order valence-corrected chi connectivity index (χ0v) is 11.4. The Morgan fingerprint density at radius 2 is 1.89 bits per heavy atom. The van der Waals surface area contributed by atoms with Crippen LogP contribution in [0.4, 0.5) is 11.4 Å². The molecule has 0 atom stereocenters. The molecule has 0 aliphatic heterocycles. The van der Waals surface area contributed by atoms with Crippen molar-refractivity contribution >= 4 is 23.7 Å². The van der Waals surface area contributed by atoms with Crippen LogP contribution in [0.5, 0.6) is 0 Å². The fraction of sp³-hybridized carbons (Fsp3) is 0.118. The lowest BCUT2D eigenvalue weighted by atomic mass is 10.1. The largest absolute Gasteiger partial charge is 0.388 e. The lowest BCUT2D eigenvalue weighted by molar-refractivity contribution is 1.43. The molecule has 2 aromatic rings. The second-order valence-electron chi connectivity index (χ2n) is 4.34. The summed E-state index contributed by atoms with van der Waals surface area (Å²) in [6.07, 6.45) is 3.73. The Morgan fingerprint density at radius 3 is 2.58 bits per heavy atom. The fourth-order valence-corrected chi connectivity index (χ4v) is 1.90. The summed E-state index contributed by atoms with van der Waals surface area (Å²) in [6.45, 7) is 5.91. The molecule has 0 amide bonds.